The molecule has 2 aromatic rings. The zero-order chi connectivity index (χ0) is 13.1. The summed E-state index contributed by atoms with van der Waals surface area (Å²) in [7, 11) is 0. The van der Waals surface area contributed by atoms with E-state index in [1.165, 1.54) is 0 Å². The molecule has 0 heterocycles. The van der Waals surface area contributed by atoms with E-state index >= 15 is 0 Å². The number of nitrogens with zero attached hydrogens (tertiary/aromatic N) is 1. The number of halogens is 2. The summed E-state index contributed by atoms with van der Waals surface area (Å²) < 4.78 is 5.60. The van der Waals surface area contributed by atoms with Crippen molar-refractivity contribution in [3.05, 3.63) is 52.0 Å². The van der Waals surface area contributed by atoms with Gasteiger partial charge in [0.2, 0.25) is 0 Å². The van der Waals surface area contributed by atoms with E-state index in [1.54, 1.807) is 36.4 Å². The maximum absolute atomic E-state index is 8.80. The molecule has 0 spiro atoms. The minimum Gasteiger partial charge on any atom is -0.456 e. The van der Waals surface area contributed by atoms with E-state index in [-0.39, 0.29) is 0 Å². The number of nitriles is 1. The molecule has 0 aliphatic heterocycles. The SMILES string of the molecule is N#Cc1ccc(Oc2ccc(Cl)cc2Cl)cc1S. The number of rotatable bonds is 2. The Morgan fingerprint density at radius 1 is 1.11 bits per heavy atom. The molecule has 0 unspecified atom stereocenters. The minimum absolute atomic E-state index is 0.424. The maximum Gasteiger partial charge on any atom is 0.146 e. The Hall–Kier alpha value is -1.34. The summed E-state index contributed by atoms with van der Waals surface area (Å²) >= 11 is 16.0. The van der Waals surface area contributed by atoms with Crippen LogP contribution in [0.15, 0.2) is 41.3 Å². The zero-order valence-corrected chi connectivity index (χ0v) is 11.4. The van der Waals surface area contributed by atoms with Gasteiger partial charge in [0.1, 0.15) is 17.6 Å². The third-order valence-electron chi connectivity index (χ3n) is 2.21. The van der Waals surface area contributed by atoms with Gasteiger partial charge in [-0.3, -0.25) is 0 Å². The van der Waals surface area contributed by atoms with Crippen LogP contribution in [0.4, 0.5) is 0 Å². The van der Waals surface area contributed by atoms with Gasteiger partial charge in [-0.15, -0.1) is 12.6 Å². The average Bonchev–Trinajstić information content (AvgIpc) is 2.33. The van der Waals surface area contributed by atoms with E-state index in [1.807, 2.05) is 6.07 Å². The Bertz CT molecular complexity index is 637. The van der Waals surface area contributed by atoms with Crippen LogP contribution in [0.1, 0.15) is 5.56 Å². The fourth-order valence-electron chi connectivity index (χ4n) is 1.35. The van der Waals surface area contributed by atoms with Crippen molar-refractivity contribution in [1.82, 2.24) is 0 Å². The molecule has 0 bridgehead atoms. The quantitative estimate of drug-likeness (QED) is 0.796. The van der Waals surface area contributed by atoms with E-state index in [0.29, 0.717) is 32.0 Å². The van der Waals surface area contributed by atoms with Gasteiger partial charge in [-0.05, 0) is 36.4 Å². The van der Waals surface area contributed by atoms with Gasteiger partial charge in [-0.1, -0.05) is 23.2 Å². The first-order valence-electron chi connectivity index (χ1n) is 4.96. The molecule has 0 saturated carbocycles. The standard InChI is InChI=1S/C13H7Cl2NOS/c14-9-2-4-12(11(15)5-9)17-10-3-1-8(7-16)13(18)6-10/h1-6,18H. The summed E-state index contributed by atoms with van der Waals surface area (Å²) in [6, 6.07) is 12.0. The van der Waals surface area contributed by atoms with Gasteiger partial charge in [-0.25, -0.2) is 0 Å². The van der Waals surface area contributed by atoms with Crippen molar-refractivity contribution in [2.45, 2.75) is 4.90 Å². The fraction of sp³-hybridized carbons (Fsp3) is 0. The molecule has 2 nitrogen and oxygen atoms in total. The van der Waals surface area contributed by atoms with Gasteiger partial charge >= 0.3 is 0 Å². The van der Waals surface area contributed by atoms with Gasteiger partial charge in [-0.2, -0.15) is 5.26 Å². The highest BCUT2D eigenvalue weighted by Gasteiger charge is 2.06. The highest BCUT2D eigenvalue weighted by molar-refractivity contribution is 7.80. The van der Waals surface area contributed by atoms with E-state index in [9.17, 15) is 0 Å². The Kier molecular flexibility index (Phi) is 4.03. The van der Waals surface area contributed by atoms with Crippen LogP contribution < -0.4 is 4.74 Å². The highest BCUT2D eigenvalue weighted by atomic mass is 35.5. The van der Waals surface area contributed by atoms with Crippen LogP contribution in [-0.4, -0.2) is 0 Å². The summed E-state index contributed by atoms with van der Waals surface area (Å²) in [5.41, 5.74) is 0.493. The first kappa shape index (κ1) is 13.1. The Morgan fingerprint density at radius 3 is 2.50 bits per heavy atom. The second-order valence-corrected chi connectivity index (χ2v) is 4.79. The predicted molar refractivity (Wildman–Crippen MR) is 74.9 cm³/mol. The van der Waals surface area contributed by atoms with Crippen LogP contribution in [0.3, 0.4) is 0 Å². The predicted octanol–water partition coefficient (Wildman–Crippen LogP) is 4.95. The largest absolute Gasteiger partial charge is 0.456 e. The third-order valence-corrected chi connectivity index (χ3v) is 3.11. The molecule has 0 amide bonds. The summed E-state index contributed by atoms with van der Waals surface area (Å²) in [6.45, 7) is 0. The molecule has 2 aromatic carbocycles. The average molecular weight is 296 g/mol. The minimum atomic E-state index is 0.424. The number of hydrogen-bond acceptors (Lipinski definition) is 3. The molecule has 0 aromatic heterocycles. The first-order chi connectivity index (χ1) is 8.60. The zero-order valence-electron chi connectivity index (χ0n) is 9.02. The van der Waals surface area contributed by atoms with Crippen LogP contribution in [0.25, 0.3) is 0 Å². The molecule has 0 aliphatic rings. The second-order valence-electron chi connectivity index (χ2n) is 3.47. The summed E-state index contributed by atoms with van der Waals surface area (Å²) in [5.74, 6) is 1.06. The van der Waals surface area contributed by atoms with Crippen LogP contribution >= 0.6 is 35.8 Å². The molecular weight excluding hydrogens is 289 g/mol. The lowest BCUT2D eigenvalue weighted by molar-refractivity contribution is 0.481. The summed E-state index contributed by atoms with van der Waals surface area (Å²) in [5, 5.41) is 9.77. The van der Waals surface area contributed by atoms with E-state index in [0.717, 1.165) is 0 Å². The lowest BCUT2D eigenvalue weighted by Crippen LogP contribution is -1.87. The monoisotopic (exact) mass is 295 g/mol. The van der Waals surface area contributed by atoms with Crippen molar-refractivity contribution in [2.24, 2.45) is 0 Å². The Labute approximate surface area is 120 Å². The van der Waals surface area contributed by atoms with Crippen molar-refractivity contribution in [3.63, 3.8) is 0 Å². The van der Waals surface area contributed by atoms with Crippen molar-refractivity contribution < 1.29 is 4.74 Å². The number of thiol groups is 1. The first-order valence-corrected chi connectivity index (χ1v) is 6.16. The molecule has 0 atom stereocenters. The van der Waals surface area contributed by atoms with Crippen LogP contribution in [0, 0.1) is 11.3 Å². The van der Waals surface area contributed by atoms with Crippen molar-refractivity contribution in [1.29, 1.82) is 5.26 Å². The van der Waals surface area contributed by atoms with Crippen molar-refractivity contribution >= 4 is 35.8 Å². The fourth-order valence-corrected chi connectivity index (χ4v) is 2.05. The van der Waals surface area contributed by atoms with E-state index in [2.05, 4.69) is 12.6 Å². The lowest BCUT2D eigenvalue weighted by atomic mass is 10.2. The smallest absolute Gasteiger partial charge is 0.146 e. The van der Waals surface area contributed by atoms with Crippen molar-refractivity contribution in [2.75, 3.05) is 0 Å². The maximum atomic E-state index is 8.80. The number of benzene rings is 2. The van der Waals surface area contributed by atoms with Gasteiger partial charge < -0.3 is 4.74 Å². The van der Waals surface area contributed by atoms with E-state index in [4.69, 9.17) is 33.2 Å². The second kappa shape index (κ2) is 5.53. The Balaban J connectivity index is 2.29. The van der Waals surface area contributed by atoms with Gasteiger partial charge in [0.05, 0.1) is 10.6 Å². The molecule has 0 fully saturated rings. The highest BCUT2D eigenvalue weighted by Crippen LogP contribution is 2.32. The van der Waals surface area contributed by atoms with Gasteiger partial charge in [0.15, 0.2) is 0 Å². The molecule has 0 saturated heterocycles. The van der Waals surface area contributed by atoms with Gasteiger partial charge in [0.25, 0.3) is 0 Å². The topological polar surface area (TPSA) is 33.0 Å². The molecule has 18 heavy (non-hydrogen) atoms. The molecule has 0 radical (unpaired) electrons. The van der Waals surface area contributed by atoms with Gasteiger partial charge in [0, 0.05) is 9.92 Å². The molecule has 5 heteroatoms. The molecule has 2 rings (SSSR count). The third kappa shape index (κ3) is 2.91. The molecule has 0 aliphatic carbocycles. The number of hydrogen-bond donors (Lipinski definition) is 1. The van der Waals surface area contributed by atoms with Crippen LogP contribution in [0.5, 0.6) is 11.5 Å². The van der Waals surface area contributed by atoms with Crippen LogP contribution in [0.2, 0.25) is 10.0 Å². The number of ether oxygens (including phenoxy) is 1. The molecule has 90 valence electrons. The molecular formula is C13H7Cl2NOS. The summed E-state index contributed by atoms with van der Waals surface area (Å²) in [6.07, 6.45) is 0. The molecule has 0 N–H and O–H groups in total. The lowest BCUT2D eigenvalue weighted by Gasteiger charge is -2.08. The summed E-state index contributed by atoms with van der Waals surface area (Å²) in [4.78, 5) is 0.556. The normalized spacial score (nSPS) is 9.89. The van der Waals surface area contributed by atoms with E-state index < -0.39 is 0 Å². The Morgan fingerprint density at radius 2 is 1.89 bits per heavy atom. The van der Waals surface area contributed by atoms with Crippen LogP contribution in [-0.2, 0) is 0 Å². The van der Waals surface area contributed by atoms with Crippen molar-refractivity contribution in [3.8, 4) is 17.6 Å².